The van der Waals surface area contributed by atoms with E-state index in [4.69, 9.17) is 14.6 Å². The van der Waals surface area contributed by atoms with Gasteiger partial charge in [0.15, 0.2) is 5.69 Å². The molecule has 1 aromatic heterocycles. The molecular weight excluding hydrogens is 236 g/mol. The second kappa shape index (κ2) is 5.42. The number of methoxy groups -OCH3 is 1. The van der Waals surface area contributed by atoms with E-state index < -0.39 is 5.97 Å². The largest absolute Gasteiger partial charge is 0.476 e. The van der Waals surface area contributed by atoms with Crippen LogP contribution in [0.15, 0.2) is 24.3 Å². The topological polar surface area (TPSA) is 81.5 Å². The molecule has 6 heteroatoms. The van der Waals surface area contributed by atoms with E-state index in [9.17, 15) is 4.79 Å². The molecule has 1 heterocycles. The summed E-state index contributed by atoms with van der Waals surface area (Å²) in [6.45, 7) is 0.659. The maximum atomic E-state index is 11.1. The Kier molecular flexibility index (Phi) is 3.69. The summed E-state index contributed by atoms with van der Waals surface area (Å²) in [4.78, 5) is 19.1. The second-order valence-electron chi connectivity index (χ2n) is 3.52. The van der Waals surface area contributed by atoms with Crippen LogP contribution in [0.3, 0.4) is 0 Å². The lowest BCUT2D eigenvalue weighted by Crippen LogP contribution is -2.10. The van der Waals surface area contributed by atoms with Gasteiger partial charge in [0.05, 0.1) is 12.1 Å². The molecular formula is C12H12N2O4. The van der Waals surface area contributed by atoms with Crippen LogP contribution in [0.4, 0.5) is 0 Å². The summed E-state index contributed by atoms with van der Waals surface area (Å²) in [5, 5.41) is 9.60. The van der Waals surface area contributed by atoms with Crippen molar-refractivity contribution in [3.05, 3.63) is 30.0 Å². The normalized spacial score (nSPS) is 10.5. The number of benzene rings is 1. The molecule has 0 radical (unpaired) electrons. The minimum Gasteiger partial charge on any atom is -0.476 e. The molecule has 0 aliphatic heterocycles. The van der Waals surface area contributed by atoms with Crippen LogP contribution in [0.1, 0.15) is 10.5 Å². The SMILES string of the molecule is COCCOc1nc(C(=O)O)c2ccccc2n1. The van der Waals surface area contributed by atoms with Gasteiger partial charge in [0.25, 0.3) is 0 Å². The Bertz CT molecular complexity index is 571. The van der Waals surface area contributed by atoms with Crippen molar-refractivity contribution in [3.63, 3.8) is 0 Å². The Hall–Kier alpha value is -2.21. The fourth-order valence-electron chi connectivity index (χ4n) is 1.50. The Labute approximate surface area is 103 Å². The quantitative estimate of drug-likeness (QED) is 0.804. The van der Waals surface area contributed by atoms with Gasteiger partial charge in [0, 0.05) is 12.5 Å². The molecule has 0 aliphatic carbocycles. The van der Waals surface area contributed by atoms with E-state index in [1.54, 1.807) is 31.4 Å². The Morgan fingerprint density at radius 3 is 2.78 bits per heavy atom. The molecule has 1 aromatic carbocycles. The van der Waals surface area contributed by atoms with Crippen LogP contribution in [0.2, 0.25) is 0 Å². The molecule has 2 aromatic rings. The molecule has 0 amide bonds. The second-order valence-corrected chi connectivity index (χ2v) is 3.52. The Morgan fingerprint density at radius 2 is 2.06 bits per heavy atom. The van der Waals surface area contributed by atoms with Gasteiger partial charge in [-0.3, -0.25) is 0 Å². The molecule has 0 fully saturated rings. The van der Waals surface area contributed by atoms with E-state index in [1.807, 2.05) is 0 Å². The fraction of sp³-hybridized carbons (Fsp3) is 0.250. The van der Waals surface area contributed by atoms with Crippen LogP contribution in [0.5, 0.6) is 6.01 Å². The average molecular weight is 248 g/mol. The minimum atomic E-state index is -1.11. The van der Waals surface area contributed by atoms with Crippen LogP contribution < -0.4 is 4.74 Å². The smallest absolute Gasteiger partial charge is 0.355 e. The van der Waals surface area contributed by atoms with Gasteiger partial charge in [-0.15, -0.1) is 0 Å². The van der Waals surface area contributed by atoms with E-state index in [0.29, 0.717) is 17.5 Å². The highest BCUT2D eigenvalue weighted by molar-refractivity contribution is 6.00. The Morgan fingerprint density at radius 1 is 1.28 bits per heavy atom. The summed E-state index contributed by atoms with van der Waals surface area (Å²) in [5.74, 6) is -1.11. The molecule has 0 unspecified atom stereocenters. The molecule has 94 valence electrons. The van der Waals surface area contributed by atoms with Crippen molar-refractivity contribution in [2.24, 2.45) is 0 Å². The first-order chi connectivity index (χ1) is 8.72. The predicted octanol–water partition coefficient (Wildman–Crippen LogP) is 1.35. The zero-order valence-corrected chi connectivity index (χ0v) is 9.79. The summed E-state index contributed by atoms with van der Waals surface area (Å²) in [7, 11) is 1.55. The number of nitrogens with zero attached hydrogens (tertiary/aromatic N) is 2. The number of para-hydroxylation sites is 1. The van der Waals surface area contributed by atoms with Gasteiger partial charge < -0.3 is 14.6 Å². The first-order valence-corrected chi connectivity index (χ1v) is 5.34. The van der Waals surface area contributed by atoms with Gasteiger partial charge in [-0.1, -0.05) is 18.2 Å². The fourth-order valence-corrected chi connectivity index (χ4v) is 1.50. The number of hydrogen-bond donors (Lipinski definition) is 1. The van der Waals surface area contributed by atoms with Crippen molar-refractivity contribution >= 4 is 16.9 Å². The van der Waals surface area contributed by atoms with Gasteiger partial charge in [0.2, 0.25) is 0 Å². The maximum absolute atomic E-state index is 11.1. The van der Waals surface area contributed by atoms with E-state index in [-0.39, 0.29) is 18.3 Å². The van der Waals surface area contributed by atoms with Crippen LogP contribution in [-0.4, -0.2) is 41.4 Å². The lowest BCUT2D eigenvalue weighted by molar-refractivity contribution is 0.0690. The summed E-state index contributed by atoms with van der Waals surface area (Å²) < 4.78 is 10.1. The minimum absolute atomic E-state index is 0.0446. The third kappa shape index (κ3) is 2.54. The summed E-state index contributed by atoms with van der Waals surface area (Å²) >= 11 is 0. The molecule has 0 aliphatic rings. The molecule has 1 N–H and O–H groups in total. The average Bonchev–Trinajstić information content (AvgIpc) is 2.38. The van der Waals surface area contributed by atoms with Crippen molar-refractivity contribution in [1.82, 2.24) is 9.97 Å². The summed E-state index contributed by atoms with van der Waals surface area (Å²) in [5.41, 5.74) is 0.477. The maximum Gasteiger partial charge on any atom is 0.355 e. The van der Waals surface area contributed by atoms with Crippen molar-refractivity contribution in [3.8, 4) is 6.01 Å². The monoisotopic (exact) mass is 248 g/mol. The molecule has 0 spiro atoms. The van der Waals surface area contributed by atoms with E-state index in [2.05, 4.69) is 9.97 Å². The first kappa shape index (κ1) is 12.3. The number of fused-ring (bicyclic) bond motifs is 1. The van der Waals surface area contributed by atoms with Crippen molar-refractivity contribution in [2.45, 2.75) is 0 Å². The molecule has 0 saturated heterocycles. The third-order valence-corrected chi connectivity index (χ3v) is 2.30. The molecule has 2 rings (SSSR count). The third-order valence-electron chi connectivity index (χ3n) is 2.30. The molecule has 18 heavy (non-hydrogen) atoms. The molecule has 0 saturated carbocycles. The lowest BCUT2D eigenvalue weighted by atomic mass is 10.2. The highest BCUT2D eigenvalue weighted by Gasteiger charge is 2.13. The van der Waals surface area contributed by atoms with Gasteiger partial charge in [0.1, 0.15) is 6.61 Å². The standard InChI is InChI=1S/C12H12N2O4/c1-17-6-7-18-12-13-9-5-3-2-4-8(9)10(14-12)11(15)16/h2-5H,6-7H2,1H3,(H,15,16). The van der Waals surface area contributed by atoms with Crippen LogP contribution in [-0.2, 0) is 4.74 Å². The highest BCUT2D eigenvalue weighted by Crippen LogP contribution is 2.18. The predicted molar refractivity (Wildman–Crippen MR) is 63.9 cm³/mol. The van der Waals surface area contributed by atoms with Gasteiger partial charge in [-0.25, -0.2) is 4.79 Å². The number of ether oxygens (including phenoxy) is 2. The number of aromatic carboxylic acids is 1. The molecule has 0 bridgehead atoms. The van der Waals surface area contributed by atoms with Crippen molar-refractivity contribution in [2.75, 3.05) is 20.3 Å². The zero-order chi connectivity index (χ0) is 13.0. The summed E-state index contributed by atoms with van der Waals surface area (Å²) in [6, 6.07) is 6.94. The van der Waals surface area contributed by atoms with Crippen molar-refractivity contribution in [1.29, 1.82) is 0 Å². The number of carbonyl (C=O) groups is 1. The number of aromatic nitrogens is 2. The van der Waals surface area contributed by atoms with E-state index in [1.165, 1.54) is 0 Å². The Balaban J connectivity index is 2.41. The number of carboxylic acid groups (broad SMARTS) is 1. The number of rotatable bonds is 5. The summed E-state index contributed by atoms with van der Waals surface area (Å²) in [6.07, 6.45) is 0. The van der Waals surface area contributed by atoms with Crippen LogP contribution in [0, 0.1) is 0 Å². The zero-order valence-electron chi connectivity index (χ0n) is 9.79. The lowest BCUT2D eigenvalue weighted by Gasteiger charge is -2.06. The number of hydrogen-bond acceptors (Lipinski definition) is 5. The van der Waals surface area contributed by atoms with Crippen molar-refractivity contribution < 1.29 is 19.4 Å². The highest BCUT2D eigenvalue weighted by atomic mass is 16.5. The number of carboxylic acids is 1. The van der Waals surface area contributed by atoms with Gasteiger partial charge >= 0.3 is 12.0 Å². The van der Waals surface area contributed by atoms with Gasteiger partial charge in [-0.05, 0) is 6.07 Å². The van der Waals surface area contributed by atoms with Crippen LogP contribution >= 0.6 is 0 Å². The van der Waals surface area contributed by atoms with Gasteiger partial charge in [-0.2, -0.15) is 9.97 Å². The van der Waals surface area contributed by atoms with E-state index >= 15 is 0 Å². The van der Waals surface area contributed by atoms with E-state index in [0.717, 1.165) is 0 Å². The first-order valence-electron chi connectivity index (χ1n) is 5.34. The molecule has 6 nitrogen and oxygen atoms in total. The molecule has 0 atom stereocenters. The van der Waals surface area contributed by atoms with Crippen LogP contribution in [0.25, 0.3) is 10.9 Å².